The summed E-state index contributed by atoms with van der Waals surface area (Å²) in [7, 11) is 0. The van der Waals surface area contributed by atoms with Crippen molar-refractivity contribution in [1.82, 2.24) is 0 Å². The van der Waals surface area contributed by atoms with Gasteiger partial charge in [-0.15, -0.1) is 0 Å². The number of aliphatic hydroxyl groups is 2. The van der Waals surface area contributed by atoms with Crippen molar-refractivity contribution < 1.29 is 19.0 Å². The number of aliphatic hydroxyl groups excluding tert-OH is 2. The van der Waals surface area contributed by atoms with Crippen molar-refractivity contribution in [1.29, 1.82) is 0 Å². The second-order valence-corrected chi connectivity index (χ2v) is 4.82. The van der Waals surface area contributed by atoms with E-state index in [-0.39, 0.29) is 17.9 Å². The average molecular weight is 248 g/mol. The Labute approximate surface area is 97.3 Å². The summed E-state index contributed by atoms with van der Waals surface area (Å²) in [4.78, 5) is 0. The van der Waals surface area contributed by atoms with Gasteiger partial charge in [0.2, 0.25) is 0 Å². The fraction of sp³-hybridized carbons (Fsp3) is 0.455. The molecule has 0 aliphatic carbocycles. The molecule has 1 aromatic rings. The first kappa shape index (κ1) is 13.4. The molecule has 0 bridgehead atoms. The van der Waals surface area contributed by atoms with Crippen LogP contribution in [0.5, 0.6) is 0 Å². The van der Waals surface area contributed by atoms with E-state index < -0.39 is 23.0 Å². The third kappa shape index (κ3) is 3.43. The van der Waals surface area contributed by atoms with E-state index in [2.05, 4.69) is 0 Å². The number of rotatable bonds is 5. The summed E-state index contributed by atoms with van der Waals surface area (Å²) in [6.07, 6.45) is -0.859. The Kier molecular flexibility index (Phi) is 5.18. The van der Waals surface area contributed by atoms with E-state index in [0.717, 1.165) is 0 Å². The fourth-order valence-corrected chi connectivity index (χ4v) is 2.30. The van der Waals surface area contributed by atoms with Crippen LogP contribution in [0.2, 0.25) is 0 Å². The molecule has 2 N–H and O–H groups in total. The summed E-state index contributed by atoms with van der Waals surface area (Å²) in [5.74, 6) is -0.928. The number of hydrogen-bond acceptors (Lipinski definition) is 3. The van der Waals surface area contributed by atoms with Crippen LogP contribution < -0.4 is 0 Å². The van der Waals surface area contributed by atoms with Crippen molar-refractivity contribution in [3.8, 4) is 0 Å². The topological polar surface area (TPSA) is 40.5 Å². The van der Waals surface area contributed by atoms with Crippen LogP contribution in [-0.4, -0.2) is 28.7 Å². The molecule has 0 fully saturated rings. The minimum Gasteiger partial charge on any atom is -0.394 e. The zero-order chi connectivity index (χ0) is 12.1. The molecular weight excluding hydrogens is 234 g/mol. The van der Waals surface area contributed by atoms with E-state index in [9.17, 15) is 8.78 Å². The highest BCUT2D eigenvalue weighted by molar-refractivity contribution is 7.99. The molecule has 0 amide bonds. The predicted octanol–water partition coefficient (Wildman–Crippen LogP) is 2.11. The van der Waals surface area contributed by atoms with Crippen LogP contribution in [0.25, 0.3) is 0 Å². The molecule has 0 saturated carbocycles. The number of thioether (sulfide) groups is 1. The van der Waals surface area contributed by atoms with Gasteiger partial charge in [-0.1, -0.05) is 6.07 Å². The van der Waals surface area contributed by atoms with Gasteiger partial charge in [0.1, 0.15) is 11.6 Å². The van der Waals surface area contributed by atoms with Gasteiger partial charge in [-0.05, 0) is 19.1 Å². The second-order valence-electron chi connectivity index (χ2n) is 3.45. The maximum atomic E-state index is 13.3. The Balaban J connectivity index is 2.69. The standard InChI is InChI=1S/C11H14F2O2S/c1-7(16-6-8(15)5-14)11-9(12)3-2-4-10(11)13/h2-4,7-8,14-15H,5-6H2,1H3. The maximum absolute atomic E-state index is 13.3. The number of hydrogen-bond donors (Lipinski definition) is 2. The van der Waals surface area contributed by atoms with Crippen LogP contribution in [0.1, 0.15) is 17.7 Å². The third-order valence-electron chi connectivity index (χ3n) is 2.16. The molecule has 2 unspecified atom stereocenters. The molecule has 0 aliphatic rings. The first-order valence-corrected chi connectivity index (χ1v) is 5.95. The quantitative estimate of drug-likeness (QED) is 0.838. The molecule has 5 heteroatoms. The zero-order valence-corrected chi connectivity index (χ0v) is 9.68. The largest absolute Gasteiger partial charge is 0.394 e. The molecule has 0 radical (unpaired) electrons. The molecule has 0 aromatic heterocycles. The van der Waals surface area contributed by atoms with Crippen LogP contribution in [0.15, 0.2) is 18.2 Å². The van der Waals surface area contributed by atoms with Crippen LogP contribution in [0.4, 0.5) is 8.78 Å². The lowest BCUT2D eigenvalue weighted by Crippen LogP contribution is -2.15. The van der Waals surface area contributed by atoms with Crippen molar-refractivity contribution in [2.24, 2.45) is 0 Å². The summed E-state index contributed by atoms with van der Waals surface area (Å²) in [5.41, 5.74) is 0.0117. The van der Waals surface area contributed by atoms with Crippen molar-refractivity contribution in [2.75, 3.05) is 12.4 Å². The van der Waals surface area contributed by atoms with Crippen LogP contribution in [0.3, 0.4) is 0 Å². The maximum Gasteiger partial charge on any atom is 0.130 e. The van der Waals surface area contributed by atoms with E-state index in [1.807, 2.05) is 0 Å². The van der Waals surface area contributed by atoms with Crippen molar-refractivity contribution in [2.45, 2.75) is 18.3 Å². The SMILES string of the molecule is CC(SCC(O)CO)c1c(F)cccc1F. The smallest absolute Gasteiger partial charge is 0.130 e. The molecule has 1 aromatic carbocycles. The van der Waals surface area contributed by atoms with Crippen molar-refractivity contribution >= 4 is 11.8 Å². The molecule has 2 nitrogen and oxygen atoms in total. The zero-order valence-electron chi connectivity index (χ0n) is 8.86. The molecule has 90 valence electrons. The monoisotopic (exact) mass is 248 g/mol. The first-order valence-electron chi connectivity index (χ1n) is 4.90. The summed E-state index contributed by atoms with van der Waals surface area (Å²) in [5, 5.41) is 17.3. The van der Waals surface area contributed by atoms with Gasteiger partial charge in [-0.3, -0.25) is 0 Å². The molecular formula is C11H14F2O2S. The summed E-state index contributed by atoms with van der Waals surface area (Å²) in [6.45, 7) is 1.32. The molecule has 2 atom stereocenters. The van der Waals surface area contributed by atoms with Gasteiger partial charge in [0.05, 0.1) is 12.7 Å². The first-order chi connectivity index (χ1) is 7.56. The van der Waals surface area contributed by atoms with E-state index in [4.69, 9.17) is 10.2 Å². The summed E-state index contributed by atoms with van der Waals surface area (Å²) < 4.78 is 26.7. The van der Waals surface area contributed by atoms with E-state index in [1.165, 1.54) is 30.0 Å². The molecule has 0 aliphatic heterocycles. The van der Waals surface area contributed by atoms with Crippen LogP contribution in [0, 0.1) is 11.6 Å². The fourth-order valence-electron chi connectivity index (χ4n) is 1.29. The highest BCUT2D eigenvalue weighted by atomic mass is 32.2. The predicted molar refractivity (Wildman–Crippen MR) is 60.3 cm³/mol. The minimum atomic E-state index is -0.859. The Hall–Kier alpha value is -0.650. The number of halogens is 2. The van der Waals surface area contributed by atoms with Crippen LogP contribution in [-0.2, 0) is 0 Å². The second kappa shape index (κ2) is 6.18. The van der Waals surface area contributed by atoms with Crippen molar-refractivity contribution in [3.63, 3.8) is 0 Å². The minimum absolute atomic E-state index is 0.0117. The molecule has 1 rings (SSSR count). The third-order valence-corrected chi connectivity index (χ3v) is 3.47. The lowest BCUT2D eigenvalue weighted by atomic mass is 10.1. The van der Waals surface area contributed by atoms with Gasteiger partial charge < -0.3 is 10.2 Å². The number of benzene rings is 1. The van der Waals surface area contributed by atoms with Crippen LogP contribution >= 0.6 is 11.8 Å². The molecule has 0 saturated heterocycles. The van der Waals surface area contributed by atoms with E-state index in [1.54, 1.807) is 6.92 Å². The highest BCUT2D eigenvalue weighted by Gasteiger charge is 2.17. The summed E-state index contributed by atoms with van der Waals surface area (Å²) in [6, 6.07) is 3.73. The molecule has 0 heterocycles. The van der Waals surface area contributed by atoms with Gasteiger partial charge in [0.15, 0.2) is 0 Å². The lowest BCUT2D eigenvalue weighted by Gasteiger charge is -2.15. The summed E-state index contributed by atoms with van der Waals surface area (Å²) >= 11 is 1.20. The van der Waals surface area contributed by atoms with E-state index in [0.29, 0.717) is 0 Å². The van der Waals surface area contributed by atoms with Crippen molar-refractivity contribution in [3.05, 3.63) is 35.4 Å². The Morgan fingerprint density at radius 1 is 1.31 bits per heavy atom. The molecule has 0 spiro atoms. The normalized spacial score (nSPS) is 14.8. The van der Waals surface area contributed by atoms with E-state index >= 15 is 0 Å². The van der Waals surface area contributed by atoms with Gasteiger partial charge in [0.25, 0.3) is 0 Å². The Bertz CT molecular complexity index is 327. The highest BCUT2D eigenvalue weighted by Crippen LogP contribution is 2.32. The Morgan fingerprint density at radius 2 is 1.88 bits per heavy atom. The lowest BCUT2D eigenvalue weighted by molar-refractivity contribution is 0.113. The van der Waals surface area contributed by atoms with Gasteiger partial charge in [-0.25, -0.2) is 8.78 Å². The van der Waals surface area contributed by atoms with Gasteiger partial charge in [0, 0.05) is 16.6 Å². The average Bonchev–Trinajstić information content (AvgIpc) is 2.25. The Morgan fingerprint density at radius 3 is 2.38 bits per heavy atom. The van der Waals surface area contributed by atoms with Gasteiger partial charge >= 0.3 is 0 Å². The molecule has 16 heavy (non-hydrogen) atoms. The van der Waals surface area contributed by atoms with Gasteiger partial charge in [-0.2, -0.15) is 11.8 Å².